The molecule has 2 rings (SSSR count). The molecule has 0 bridgehead atoms. The van der Waals surface area contributed by atoms with Crippen LogP contribution in [0, 0.1) is 5.82 Å². The van der Waals surface area contributed by atoms with E-state index in [1.54, 1.807) is 0 Å². The number of carboxylic acids is 1. The largest absolute Gasteiger partial charge is 0.487 e. The van der Waals surface area contributed by atoms with Gasteiger partial charge in [0, 0.05) is 5.38 Å². The number of hydrogen-bond donors (Lipinski definition) is 1. The molecule has 112 valence electrons. The lowest BCUT2D eigenvalue weighted by atomic mass is 10.2. The van der Waals surface area contributed by atoms with Gasteiger partial charge in [-0.3, -0.25) is 0 Å². The summed E-state index contributed by atoms with van der Waals surface area (Å²) in [5.41, 5.74) is -1.17. The molecule has 0 saturated heterocycles. The number of thiazole rings is 1. The second-order valence-corrected chi connectivity index (χ2v) is 4.74. The van der Waals surface area contributed by atoms with Crippen molar-refractivity contribution >= 4 is 17.3 Å². The minimum Gasteiger partial charge on any atom is -0.487 e. The SMILES string of the molecule is O=C(O)c1nc(COc2ccc(F)c(C(F)(F)F)c2)cs1. The molecule has 0 aliphatic heterocycles. The van der Waals surface area contributed by atoms with Crippen molar-refractivity contribution in [3.05, 3.63) is 45.7 Å². The van der Waals surface area contributed by atoms with Crippen LogP contribution in [0.1, 0.15) is 21.1 Å². The highest BCUT2D eigenvalue weighted by molar-refractivity contribution is 7.11. The van der Waals surface area contributed by atoms with E-state index >= 15 is 0 Å². The van der Waals surface area contributed by atoms with Crippen molar-refractivity contribution in [3.63, 3.8) is 0 Å². The van der Waals surface area contributed by atoms with E-state index in [2.05, 4.69) is 4.98 Å². The predicted molar refractivity (Wildman–Crippen MR) is 64.8 cm³/mol. The number of alkyl halides is 3. The lowest BCUT2D eigenvalue weighted by molar-refractivity contribution is -0.140. The summed E-state index contributed by atoms with van der Waals surface area (Å²) in [6.45, 7) is -0.216. The Labute approximate surface area is 119 Å². The first-order valence-electron chi connectivity index (χ1n) is 5.44. The molecular formula is C12H7F4NO3S. The Morgan fingerprint density at radius 1 is 1.38 bits per heavy atom. The van der Waals surface area contributed by atoms with Gasteiger partial charge in [-0.2, -0.15) is 13.2 Å². The standard InChI is InChI=1S/C12H7F4NO3S/c13-9-2-1-7(3-8(9)12(14,15)16)20-4-6-5-21-10(17-6)11(18)19/h1-3,5H,4H2,(H,18,19). The summed E-state index contributed by atoms with van der Waals surface area (Å²) in [6.07, 6.45) is -4.82. The first-order chi connectivity index (χ1) is 9.77. The summed E-state index contributed by atoms with van der Waals surface area (Å²) in [6, 6.07) is 2.25. The maximum Gasteiger partial charge on any atom is 0.419 e. The fraction of sp³-hybridized carbons (Fsp3) is 0.167. The molecule has 4 nitrogen and oxygen atoms in total. The fourth-order valence-corrected chi connectivity index (χ4v) is 2.08. The van der Waals surface area contributed by atoms with Gasteiger partial charge in [0.15, 0.2) is 0 Å². The molecule has 1 aromatic heterocycles. The third-order valence-electron chi connectivity index (χ3n) is 2.36. The monoisotopic (exact) mass is 321 g/mol. The zero-order valence-corrected chi connectivity index (χ0v) is 11.0. The maximum atomic E-state index is 13.1. The minimum absolute atomic E-state index is 0.149. The molecule has 0 spiro atoms. The Hall–Kier alpha value is -2.16. The molecule has 9 heteroatoms. The van der Waals surface area contributed by atoms with Gasteiger partial charge < -0.3 is 9.84 Å². The number of halogens is 4. The van der Waals surface area contributed by atoms with Crippen LogP contribution >= 0.6 is 11.3 Å². The van der Waals surface area contributed by atoms with E-state index in [-0.39, 0.29) is 23.1 Å². The molecule has 2 aromatic rings. The number of ether oxygens (including phenoxy) is 1. The topological polar surface area (TPSA) is 59.4 Å². The molecule has 21 heavy (non-hydrogen) atoms. The van der Waals surface area contributed by atoms with Crippen LogP contribution in [-0.4, -0.2) is 16.1 Å². The van der Waals surface area contributed by atoms with Gasteiger partial charge in [-0.25, -0.2) is 14.2 Å². The molecule has 0 amide bonds. The van der Waals surface area contributed by atoms with Crippen LogP contribution in [0.15, 0.2) is 23.6 Å². The van der Waals surface area contributed by atoms with Crippen molar-refractivity contribution in [2.75, 3.05) is 0 Å². The second kappa shape index (κ2) is 5.68. The number of aromatic nitrogens is 1. The highest BCUT2D eigenvalue weighted by Gasteiger charge is 2.34. The van der Waals surface area contributed by atoms with Crippen molar-refractivity contribution in [2.45, 2.75) is 12.8 Å². The summed E-state index contributed by atoms with van der Waals surface area (Å²) < 4.78 is 55.7. The Morgan fingerprint density at radius 3 is 2.67 bits per heavy atom. The second-order valence-electron chi connectivity index (χ2n) is 3.88. The molecular weight excluding hydrogens is 314 g/mol. The summed E-state index contributed by atoms with van der Waals surface area (Å²) in [5.74, 6) is -2.78. The number of carboxylic acid groups (broad SMARTS) is 1. The van der Waals surface area contributed by atoms with Gasteiger partial charge in [0.25, 0.3) is 0 Å². The van der Waals surface area contributed by atoms with Crippen LogP contribution in [0.25, 0.3) is 0 Å². The van der Waals surface area contributed by atoms with Crippen LogP contribution in [-0.2, 0) is 12.8 Å². The van der Waals surface area contributed by atoms with E-state index in [1.165, 1.54) is 5.38 Å². The van der Waals surface area contributed by atoms with E-state index in [0.29, 0.717) is 12.1 Å². The molecule has 1 heterocycles. The first-order valence-corrected chi connectivity index (χ1v) is 6.32. The van der Waals surface area contributed by atoms with Crippen molar-refractivity contribution in [1.82, 2.24) is 4.98 Å². The van der Waals surface area contributed by atoms with Gasteiger partial charge in [-0.05, 0) is 18.2 Å². The lowest BCUT2D eigenvalue weighted by Crippen LogP contribution is -2.08. The Morgan fingerprint density at radius 2 is 2.10 bits per heavy atom. The van der Waals surface area contributed by atoms with Crippen LogP contribution in [0.3, 0.4) is 0 Å². The number of rotatable bonds is 4. The quantitative estimate of drug-likeness (QED) is 0.875. The third-order valence-corrected chi connectivity index (χ3v) is 3.24. The normalized spacial score (nSPS) is 11.4. The maximum absolute atomic E-state index is 13.1. The van der Waals surface area contributed by atoms with Crippen LogP contribution < -0.4 is 4.74 Å². The van der Waals surface area contributed by atoms with Crippen molar-refractivity contribution < 1.29 is 32.2 Å². The Bertz CT molecular complexity index is 669. The third kappa shape index (κ3) is 3.69. The first kappa shape index (κ1) is 15.2. The lowest BCUT2D eigenvalue weighted by Gasteiger charge is -2.10. The summed E-state index contributed by atoms with van der Waals surface area (Å²) in [5, 5.41) is 9.95. The number of aromatic carboxylic acids is 1. The van der Waals surface area contributed by atoms with Gasteiger partial charge in [0.2, 0.25) is 5.01 Å². The Balaban J connectivity index is 2.11. The number of hydrogen-bond acceptors (Lipinski definition) is 4. The molecule has 0 unspecified atom stereocenters. The van der Waals surface area contributed by atoms with E-state index in [9.17, 15) is 22.4 Å². The summed E-state index contributed by atoms with van der Waals surface area (Å²) in [7, 11) is 0. The number of nitrogens with zero attached hydrogens (tertiary/aromatic N) is 1. The van der Waals surface area contributed by atoms with Gasteiger partial charge in [0.05, 0.1) is 11.3 Å². The molecule has 1 aromatic carbocycles. The highest BCUT2D eigenvalue weighted by Crippen LogP contribution is 2.33. The van der Waals surface area contributed by atoms with Crippen molar-refractivity contribution in [3.8, 4) is 5.75 Å². The molecule has 1 N–H and O–H groups in total. The smallest absolute Gasteiger partial charge is 0.419 e. The average Bonchev–Trinajstić information content (AvgIpc) is 2.85. The molecule has 0 aliphatic carbocycles. The van der Waals surface area contributed by atoms with Gasteiger partial charge in [-0.1, -0.05) is 0 Å². The van der Waals surface area contributed by atoms with Crippen LogP contribution in [0.4, 0.5) is 17.6 Å². The highest BCUT2D eigenvalue weighted by atomic mass is 32.1. The Kier molecular flexibility index (Phi) is 4.12. The number of carbonyl (C=O) groups is 1. The van der Waals surface area contributed by atoms with Crippen molar-refractivity contribution in [2.24, 2.45) is 0 Å². The predicted octanol–water partition coefficient (Wildman–Crippen LogP) is 3.58. The van der Waals surface area contributed by atoms with Crippen LogP contribution in [0.2, 0.25) is 0 Å². The molecule has 0 fully saturated rings. The van der Waals surface area contributed by atoms with Gasteiger partial charge in [0.1, 0.15) is 18.2 Å². The van der Waals surface area contributed by atoms with Gasteiger partial charge >= 0.3 is 12.1 Å². The molecule has 0 radical (unpaired) electrons. The zero-order chi connectivity index (χ0) is 15.6. The zero-order valence-electron chi connectivity index (χ0n) is 10.1. The summed E-state index contributed by atoms with van der Waals surface area (Å²) >= 11 is 0.872. The average molecular weight is 321 g/mol. The van der Waals surface area contributed by atoms with E-state index in [0.717, 1.165) is 17.4 Å². The summed E-state index contributed by atoms with van der Waals surface area (Å²) in [4.78, 5) is 14.3. The van der Waals surface area contributed by atoms with E-state index < -0.39 is 23.5 Å². The van der Waals surface area contributed by atoms with E-state index in [1.807, 2.05) is 0 Å². The molecule has 0 atom stereocenters. The van der Waals surface area contributed by atoms with E-state index in [4.69, 9.17) is 9.84 Å². The fourth-order valence-electron chi connectivity index (χ4n) is 1.44. The van der Waals surface area contributed by atoms with Gasteiger partial charge in [-0.15, -0.1) is 11.3 Å². The number of benzene rings is 1. The van der Waals surface area contributed by atoms with Crippen LogP contribution in [0.5, 0.6) is 5.75 Å². The van der Waals surface area contributed by atoms with Crippen molar-refractivity contribution in [1.29, 1.82) is 0 Å². The molecule has 0 saturated carbocycles. The molecule has 0 aliphatic rings. The minimum atomic E-state index is -4.82.